The second-order valence-corrected chi connectivity index (χ2v) is 3.11. The van der Waals surface area contributed by atoms with Crippen LogP contribution < -0.4 is 103 Å². The van der Waals surface area contributed by atoms with Crippen molar-refractivity contribution in [1.29, 1.82) is 0 Å². The average Bonchev–Trinajstić information content (AvgIpc) is 1.12. The van der Waals surface area contributed by atoms with E-state index in [0.717, 1.165) is 0 Å². The summed E-state index contributed by atoms with van der Waals surface area (Å²) in [6, 6.07) is 0. The fourth-order valence-corrected chi connectivity index (χ4v) is 0. The molecule has 64 valence electrons. The Bertz CT molecular complexity index is 112. The standard InChI is InChI=1S/3Na.H3O4P.HO4Si/c;;;2*1-5(2,3)4/h;;;(H3,1,2,3,4);1H/q3*+1;;-3. The van der Waals surface area contributed by atoms with E-state index in [2.05, 4.69) is 0 Å². The van der Waals surface area contributed by atoms with Gasteiger partial charge in [0.15, 0.2) is 0 Å². The van der Waals surface area contributed by atoms with Gasteiger partial charge in [0.1, 0.15) is 0 Å². The van der Waals surface area contributed by atoms with Crippen LogP contribution in [0.5, 0.6) is 0 Å². The van der Waals surface area contributed by atoms with Crippen LogP contribution in [0.25, 0.3) is 0 Å². The topological polar surface area (TPSA) is 167 Å². The summed E-state index contributed by atoms with van der Waals surface area (Å²) in [4.78, 5) is 54.6. The van der Waals surface area contributed by atoms with Crippen LogP contribution in [0, 0.1) is 0 Å². The Morgan fingerprint density at radius 1 is 0.923 bits per heavy atom. The van der Waals surface area contributed by atoms with E-state index in [0.29, 0.717) is 0 Å². The molecule has 0 atom stereocenters. The summed E-state index contributed by atoms with van der Waals surface area (Å²) >= 11 is 0. The molecule has 4 N–H and O–H groups in total. The molecule has 0 rings (SSSR count). The first-order valence-corrected chi connectivity index (χ1v) is 4.86. The van der Waals surface area contributed by atoms with Gasteiger partial charge in [0.05, 0.1) is 0 Å². The van der Waals surface area contributed by atoms with Crippen LogP contribution in [0.1, 0.15) is 0 Å². The van der Waals surface area contributed by atoms with Crippen molar-refractivity contribution in [3.05, 3.63) is 0 Å². The SMILES string of the molecule is O=P(O)(O)O.[Na+].[Na+].[Na+].[O-][Si]([O-])([O-])O. The summed E-state index contributed by atoms with van der Waals surface area (Å²) in [5.41, 5.74) is 0. The molecule has 0 unspecified atom stereocenters. The Balaban J connectivity index is -0.0000000267. The maximum absolute atomic E-state index is 8.88. The van der Waals surface area contributed by atoms with E-state index >= 15 is 0 Å². The van der Waals surface area contributed by atoms with Crippen LogP contribution in [0.4, 0.5) is 0 Å². The van der Waals surface area contributed by atoms with Crippen LogP contribution in [0.3, 0.4) is 0 Å². The molecule has 0 heterocycles. The molecule has 0 aromatic heterocycles. The van der Waals surface area contributed by atoms with Crippen LogP contribution in [-0.4, -0.2) is 28.5 Å². The first kappa shape index (κ1) is 29.8. The van der Waals surface area contributed by atoms with Crippen LogP contribution in [-0.2, 0) is 4.57 Å². The van der Waals surface area contributed by atoms with Gasteiger partial charge in [0.25, 0.3) is 0 Å². The van der Waals surface area contributed by atoms with Crippen molar-refractivity contribution < 1.29 is 127 Å². The average molecular weight is 260 g/mol. The van der Waals surface area contributed by atoms with Crippen molar-refractivity contribution in [3.8, 4) is 0 Å². The Labute approximate surface area is 142 Å². The molecule has 0 saturated heterocycles. The minimum atomic E-state index is -5.36. The Kier molecular flexibility index (Phi) is 30.4. The van der Waals surface area contributed by atoms with E-state index in [1.54, 1.807) is 0 Å². The summed E-state index contributed by atoms with van der Waals surface area (Å²) in [6.07, 6.45) is 0. The minimum absolute atomic E-state index is 0. The van der Waals surface area contributed by atoms with Crippen LogP contribution in [0.15, 0.2) is 0 Å². The number of rotatable bonds is 0. The first-order valence-electron chi connectivity index (χ1n) is 1.62. The second-order valence-electron chi connectivity index (χ2n) is 1.04. The molecule has 13 heteroatoms. The molecule has 0 aliphatic heterocycles. The van der Waals surface area contributed by atoms with Crippen LogP contribution >= 0.6 is 7.82 Å². The van der Waals surface area contributed by atoms with Gasteiger partial charge in [-0.05, 0) is 0 Å². The normalized spacial score (nSPS) is 9.15. The molecule has 0 fully saturated rings. The summed E-state index contributed by atoms with van der Waals surface area (Å²) in [6.45, 7) is 0. The molecule has 0 aliphatic carbocycles. The van der Waals surface area contributed by atoms with E-state index in [4.69, 9.17) is 38.4 Å². The molecule has 13 heavy (non-hydrogen) atoms. The fourth-order valence-electron chi connectivity index (χ4n) is 0. The predicted octanol–water partition coefficient (Wildman–Crippen LogP) is -14.4. The van der Waals surface area contributed by atoms with Crippen LogP contribution in [0.2, 0.25) is 0 Å². The van der Waals surface area contributed by atoms with Gasteiger partial charge >= 0.3 is 96.5 Å². The quantitative estimate of drug-likeness (QED) is 0.246. The number of phosphoric acid groups is 1. The fraction of sp³-hybridized carbons (Fsp3) is 0. The third-order valence-electron chi connectivity index (χ3n) is 0. The first-order chi connectivity index (χ1) is 4.00. The van der Waals surface area contributed by atoms with E-state index < -0.39 is 16.9 Å². The molecule has 0 radical (unpaired) electrons. The number of hydrogen-bond acceptors (Lipinski definition) is 5. The van der Waals surface area contributed by atoms with Gasteiger partial charge in [0.2, 0.25) is 0 Å². The van der Waals surface area contributed by atoms with Gasteiger partial charge in [-0.15, -0.1) is 9.05 Å². The molecule has 0 aromatic rings. The van der Waals surface area contributed by atoms with Crippen molar-refractivity contribution in [2.75, 3.05) is 0 Å². The maximum atomic E-state index is 8.88. The monoisotopic (exact) mass is 260 g/mol. The molecule has 0 spiro atoms. The summed E-state index contributed by atoms with van der Waals surface area (Å²) in [5, 5.41) is 0. The van der Waals surface area contributed by atoms with E-state index in [1.807, 2.05) is 0 Å². The molecular formula is H4Na3O8PSi. The van der Waals surface area contributed by atoms with Gasteiger partial charge in [-0.3, -0.25) is 0 Å². The van der Waals surface area contributed by atoms with Gasteiger partial charge in [0, 0.05) is 0 Å². The Morgan fingerprint density at radius 3 is 0.923 bits per heavy atom. The third kappa shape index (κ3) is 262. The number of hydrogen-bond donors (Lipinski definition) is 4. The van der Waals surface area contributed by atoms with Crippen molar-refractivity contribution >= 4 is 16.9 Å². The summed E-state index contributed by atoms with van der Waals surface area (Å²) in [7, 11) is -10.0. The Hall–Kier alpha value is 3.17. The van der Waals surface area contributed by atoms with Gasteiger partial charge in [-0.25, -0.2) is 4.57 Å². The molecule has 0 aliphatic rings. The van der Waals surface area contributed by atoms with Crippen molar-refractivity contribution in [1.82, 2.24) is 0 Å². The van der Waals surface area contributed by atoms with E-state index in [-0.39, 0.29) is 88.7 Å². The molecular weight excluding hydrogens is 256 g/mol. The molecule has 0 aromatic carbocycles. The zero-order valence-corrected chi connectivity index (χ0v) is 15.3. The molecule has 0 bridgehead atoms. The maximum Gasteiger partial charge on any atom is 1.00 e. The largest absolute Gasteiger partial charge is 1.00 e. The van der Waals surface area contributed by atoms with E-state index in [9.17, 15) is 0 Å². The summed E-state index contributed by atoms with van der Waals surface area (Å²) in [5.74, 6) is 0. The third-order valence-corrected chi connectivity index (χ3v) is 0. The molecule has 0 saturated carbocycles. The van der Waals surface area contributed by atoms with E-state index in [1.165, 1.54) is 0 Å². The summed E-state index contributed by atoms with van der Waals surface area (Å²) < 4.78 is 8.88. The van der Waals surface area contributed by atoms with Gasteiger partial charge in [-0.1, -0.05) is 0 Å². The van der Waals surface area contributed by atoms with Crippen molar-refractivity contribution in [2.45, 2.75) is 0 Å². The van der Waals surface area contributed by atoms with Crippen molar-refractivity contribution in [3.63, 3.8) is 0 Å². The van der Waals surface area contributed by atoms with Crippen molar-refractivity contribution in [2.24, 2.45) is 0 Å². The minimum Gasteiger partial charge on any atom is -0.861 e. The second kappa shape index (κ2) is 13.2. The Morgan fingerprint density at radius 2 is 0.923 bits per heavy atom. The molecule has 0 amide bonds. The molecule has 8 nitrogen and oxygen atoms in total. The smallest absolute Gasteiger partial charge is 0.861 e. The predicted molar refractivity (Wildman–Crippen MR) is 22.2 cm³/mol. The zero-order valence-electron chi connectivity index (χ0n) is 7.37. The van der Waals surface area contributed by atoms with Gasteiger partial charge in [-0.2, -0.15) is 0 Å². The zero-order chi connectivity index (χ0) is 9.00. The van der Waals surface area contributed by atoms with Gasteiger partial charge < -0.3 is 33.9 Å².